The van der Waals surface area contributed by atoms with Gasteiger partial charge >= 0.3 is 0 Å². The molecule has 29 heavy (non-hydrogen) atoms. The molecule has 1 fully saturated rings. The largest absolute Gasteiger partial charge is 0.493 e. The molecule has 2 amide bonds. The molecule has 152 valence electrons. The number of piperazine rings is 1. The number of carbonyl (C=O) groups is 2. The van der Waals surface area contributed by atoms with Crippen molar-refractivity contribution in [1.29, 1.82) is 0 Å². The fourth-order valence-corrected chi connectivity index (χ4v) is 4.19. The highest BCUT2D eigenvalue weighted by Crippen LogP contribution is 2.35. The summed E-state index contributed by atoms with van der Waals surface area (Å²) in [5, 5.41) is 0. The molecule has 5 nitrogen and oxygen atoms in total. The molecule has 4 rings (SSSR count). The number of carbonyl (C=O) groups excluding carboxylic acids is 2. The number of benzene rings is 2. The van der Waals surface area contributed by atoms with Gasteiger partial charge in [-0.3, -0.25) is 9.59 Å². The van der Waals surface area contributed by atoms with Crippen LogP contribution in [0.4, 0.5) is 0 Å². The first-order valence-electron chi connectivity index (χ1n) is 10.5. The lowest BCUT2D eigenvalue weighted by Gasteiger charge is -2.36. The van der Waals surface area contributed by atoms with Gasteiger partial charge in [0, 0.05) is 38.2 Å². The second-order valence-corrected chi connectivity index (χ2v) is 7.80. The molecule has 2 aliphatic rings. The maximum Gasteiger partial charge on any atom is 0.253 e. The average molecular weight is 392 g/mol. The van der Waals surface area contributed by atoms with E-state index in [0.717, 1.165) is 29.7 Å². The van der Waals surface area contributed by atoms with Crippen molar-refractivity contribution in [3.63, 3.8) is 0 Å². The first-order valence-corrected chi connectivity index (χ1v) is 10.5. The van der Waals surface area contributed by atoms with Crippen LogP contribution in [0.2, 0.25) is 0 Å². The minimum atomic E-state index is 0.0538. The molecule has 0 radical (unpaired) electrons. The third kappa shape index (κ3) is 4.29. The number of hydrogen-bond donors (Lipinski definition) is 0. The van der Waals surface area contributed by atoms with Gasteiger partial charge in [-0.05, 0) is 48.1 Å². The van der Waals surface area contributed by atoms with E-state index in [0.29, 0.717) is 39.2 Å². The zero-order chi connectivity index (χ0) is 20.2. The summed E-state index contributed by atoms with van der Waals surface area (Å²) in [6.45, 7) is 5.14. The molecule has 2 aromatic carbocycles. The predicted octanol–water partition coefficient (Wildman–Crippen LogP) is 3.49. The molecule has 0 bridgehead atoms. The Hall–Kier alpha value is -2.82. The number of nitrogens with zero attached hydrogens (tertiary/aromatic N) is 2. The average Bonchev–Trinajstić information content (AvgIpc) is 2.79. The summed E-state index contributed by atoms with van der Waals surface area (Å²) in [6.07, 6.45) is 2.34. The van der Waals surface area contributed by atoms with Crippen LogP contribution >= 0.6 is 0 Å². The van der Waals surface area contributed by atoms with Crippen molar-refractivity contribution in [2.75, 3.05) is 32.8 Å². The van der Waals surface area contributed by atoms with E-state index in [9.17, 15) is 9.59 Å². The van der Waals surface area contributed by atoms with Crippen LogP contribution in [0.3, 0.4) is 0 Å². The Balaban J connectivity index is 1.32. The van der Waals surface area contributed by atoms with Crippen molar-refractivity contribution in [2.24, 2.45) is 0 Å². The van der Waals surface area contributed by atoms with Crippen molar-refractivity contribution >= 4 is 11.8 Å². The number of para-hydroxylation sites is 1. The lowest BCUT2D eigenvalue weighted by atomic mass is 9.90. The molecule has 0 aromatic heterocycles. The molecule has 2 aliphatic heterocycles. The zero-order valence-electron chi connectivity index (χ0n) is 17.0. The van der Waals surface area contributed by atoms with Gasteiger partial charge in [-0.25, -0.2) is 0 Å². The molecule has 1 unspecified atom stereocenters. The summed E-state index contributed by atoms with van der Waals surface area (Å²) < 4.78 is 5.71. The van der Waals surface area contributed by atoms with Gasteiger partial charge in [0.25, 0.3) is 5.91 Å². The minimum Gasteiger partial charge on any atom is -0.493 e. The van der Waals surface area contributed by atoms with E-state index in [1.807, 2.05) is 52.3 Å². The molecule has 2 aromatic rings. The summed E-state index contributed by atoms with van der Waals surface area (Å²) >= 11 is 0. The highest BCUT2D eigenvalue weighted by molar-refractivity contribution is 5.94. The molecule has 1 saturated heterocycles. The monoisotopic (exact) mass is 392 g/mol. The van der Waals surface area contributed by atoms with Gasteiger partial charge in [0.15, 0.2) is 0 Å². The number of amides is 2. The molecule has 5 heteroatoms. The topological polar surface area (TPSA) is 49.9 Å². The second-order valence-electron chi connectivity index (χ2n) is 7.80. The van der Waals surface area contributed by atoms with E-state index in [1.54, 1.807) is 0 Å². The van der Waals surface area contributed by atoms with Crippen molar-refractivity contribution in [3.8, 4) is 5.75 Å². The molecule has 0 aliphatic carbocycles. The van der Waals surface area contributed by atoms with Gasteiger partial charge in [0.2, 0.25) is 5.91 Å². The van der Waals surface area contributed by atoms with E-state index in [2.05, 4.69) is 13.0 Å². The summed E-state index contributed by atoms with van der Waals surface area (Å²) in [7, 11) is 0. The van der Waals surface area contributed by atoms with Gasteiger partial charge in [-0.2, -0.15) is 0 Å². The first-order chi connectivity index (χ1) is 14.2. The van der Waals surface area contributed by atoms with Crippen molar-refractivity contribution in [3.05, 3.63) is 65.2 Å². The molecular formula is C24H28N2O3. The van der Waals surface area contributed by atoms with Gasteiger partial charge in [0.1, 0.15) is 5.75 Å². The number of rotatable bonds is 4. The number of ether oxygens (including phenoxy) is 1. The van der Waals surface area contributed by atoms with Crippen LogP contribution in [0, 0.1) is 0 Å². The van der Waals surface area contributed by atoms with Crippen molar-refractivity contribution in [2.45, 2.75) is 32.1 Å². The third-order valence-corrected chi connectivity index (χ3v) is 6.03. The van der Waals surface area contributed by atoms with Crippen LogP contribution in [0.1, 0.15) is 47.2 Å². The van der Waals surface area contributed by atoms with Crippen LogP contribution in [-0.4, -0.2) is 54.4 Å². The van der Waals surface area contributed by atoms with Gasteiger partial charge in [-0.1, -0.05) is 37.3 Å². The Labute approximate surface area is 172 Å². The van der Waals surface area contributed by atoms with Crippen molar-refractivity contribution < 1.29 is 14.3 Å². The maximum absolute atomic E-state index is 12.9. The Morgan fingerprint density at radius 3 is 2.38 bits per heavy atom. The molecular weight excluding hydrogens is 364 g/mol. The zero-order valence-corrected chi connectivity index (χ0v) is 17.0. The van der Waals surface area contributed by atoms with Crippen LogP contribution < -0.4 is 4.74 Å². The van der Waals surface area contributed by atoms with Gasteiger partial charge < -0.3 is 14.5 Å². The first kappa shape index (κ1) is 19.5. The van der Waals surface area contributed by atoms with Crippen molar-refractivity contribution in [1.82, 2.24) is 9.80 Å². The number of hydrogen-bond acceptors (Lipinski definition) is 3. The molecule has 1 atom stereocenters. The summed E-state index contributed by atoms with van der Waals surface area (Å²) in [6, 6.07) is 15.8. The van der Waals surface area contributed by atoms with Crippen LogP contribution in [-0.2, 0) is 11.2 Å². The van der Waals surface area contributed by atoms with E-state index >= 15 is 0 Å². The normalized spacial score (nSPS) is 18.7. The fraction of sp³-hybridized carbons (Fsp3) is 0.417. The van der Waals surface area contributed by atoms with E-state index in [-0.39, 0.29) is 17.7 Å². The van der Waals surface area contributed by atoms with E-state index in [1.165, 1.54) is 5.56 Å². The summed E-state index contributed by atoms with van der Waals surface area (Å²) in [5.41, 5.74) is 3.09. The Kier molecular flexibility index (Phi) is 5.84. The minimum absolute atomic E-state index is 0.0538. The summed E-state index contributed by atoms with van der Waals surface area (Å²) in [4.78, 5) is 29.4. The fourth-order valence-electron chi connectivity index (χ4n) is 4.19. The van der Waals surface area contributed by atoms with Crippen LogP contribution in [0.5, 0.6) is 5.75 Å². The Morgan fingerprint density at radius 2 is 1.66 bits per heavy atom. The molecule has 0 N–H and O–H groups in total. The lowest BCUT2D eigenvalue weighted by Crippen LogP contribution is -2.50. The quantitative estimate of drug-likeness (QED) is 0.800. The number of fused-ring (bicyclic) bond motifs is 1. The van der Waals surface area contributed by atoms with Gasteiger partial charge in [0.05, 0.1) is 6.61 Å². The predicted molar refractivity (Wildman–Crippen MR) is 112 cm³/mol. The van der Waals surface area contributed by atoms with Gasteiger partial charge in [-0.15, -0.1) is 0 Å². The maximum atomic E-state index is 12.9. The standard InChI is InChI=1S/C24H28N2O3/c1-2-18-7-9-19(10-8-18)24(28)26-14-12-25(13-15-26)23(27)17-20-11-16-29-22-6-4-3-5-21(20)22/h3-10,20H,2,11-17H2,1H3. The van der Waals surface area contributed by atoms with E-state index in [4.69, 9.17) is 4.74 Å². The molecule has 0 spiro atoms. The Bertz CT molecular complexity index is 870. The van der Waals surface area contributed by atoms with Crippen LogP contribution in [0.25, 0.3) is 0 Å². The molecule has 2 heterocycles. The Morgan fingerprint density at radius 1 is 0.966 bits per heavy atom. The third-order valence-electron chi connectivity index (χ3n) is 6.03. The molecule has 0 saturated carbocycles. The second kappa shape index (κ2) is 8.68. The summed E-state index contributed by atoms with van der Waals surface area (Å²) in [5.74, 6) is 1.34. The lowest BCUT2D eigenvalue weighted by molar-refractivity contribution is -0.133. The highest BCUT2D eigenvalue weighted by atomic mass is 16.5. The smallest absolute Gasteiger partial charge is 0.253 e. The highest BCUT2D eigenvalue weighted by Gasteiger charge is 2.29. The van der Waals surface area contributed by atoms with Crippen LogP contribution in [0.15, 0.2) is 48.5 Å². The SMILES string of the molecule is CCc1ccc(C(=O)N2CCN(C(=O)CC3CCOc4ccccc43)CC2)cc1. The van der Waals surface area contributed by atoms with E-state index < -0.39 is 0 Å². The number of aryl methyl sites for hydroxylation is 1.